The molecule has 0 amide bonds. The first-order valence-corrected chi connectivity index (χ1v) is 4.56. The van der Waals surface area contributed by atoms with Crippen molar-refractivity contribution in [3.8, 4) is 0 Å². The van der Waals surface area contributed by atoms with Gasteiger partial charge in [-0.25, -0.2) is 0 Å². The third-order valence-corrected chi connectivity index (χ3v) is 2.56. The molecule has 0 aromatic carbocycles. The SMILES string of the molecule is CCO[C@@H]1CCN(C)[C@H](C)C1. The highest BCUT2D eigenvalue weighted by Crippen LogP contribution is 2.17. The number of piperidine rings is 1. The highest BCUT2D eigenvalue weighted by molar-refractivity contribution is 4.76. The first kappa shape index (κ1) is 9.01. The Hall–Kier alpha value is -0.0800. The molecular formula is C9H19NO. The van der Waals surface area contributed by atoms with Crippen LogP contribution >= 0.6 is 0 Å². The lowest BCUT2D eigenvalue weighted by atomic mass is 10.0. The quantitative estimate of drug-likeness (QED) is 0.602. The predicted molar refractivity (Wildman–Crippen MR) is 46.7 cm³/mol. The zero-order valence-electron chi connectivity index (χ0n) is 7.84. The fraction of sp³-hybridized carbons (Fsp3) is 1.00. The summed E-state index contributed by atoms with van der Waals surface area (Å²) in [5.74, 6) is 0. The third-order valence-electron chi connectivity index (χ3n) is 2.56. The van der Waals surface area contributed by atoms with Crippen molar-refractivity contribution < 1.29 is 4.74 Å². The summed E-state index contributed by atoms with van der Waals surface area (Å²) < 4.78 is 5.57. The van der Waals surface area contributed by atoms with Gasteiger partial charge in [-0.15, -0.1) is 0 Å². The van der Waals surface area contributed by atoms with E-state index in [4.69, 9.17) is 4.74 Å². The van der Waals surface area contributed by atoms with Gasteiger partial charge in [-0.2, -0.15) is 0 Å². The van der Waals surface area contributed by atoms with E-state index in [0.717, 1.165) is 6.61 Å². The van der Waals surface area contributed by atoms with Crippen LogP contribution in [0.4, 0.5) is 0 Å². The van der Waals surface area contributed by atoms with Gasteiger partial charge in [-0.3, -0.25) is 0 Å². The van der Waals surface area contributed by atoms with Gasteiger partial charge in [0.05, 0.1) is 6.10 Å². The van der Waals surface area contributed by atoms with Crippen LogP contribution in [0.1, 0.15) is 26.7 Å². The van der Waals surface area contributed by atoms with Crippen LogP contribution in [-0.4, -0.2) is 37.2 Å². The van der Waals surface area contributed by atoms with Crippen LogP contribution in [0.3, 0.4) is 0 Å². The van der Waals surface area contributed by atoms with Gasteiger partial charge < -0.3 is 9.64 Å². The fourth-order valence-electron chi connectivity index (χ4n) is 1.63. The van der Waals surface area contributed by atoms with Gasteiger partial charge in [0.1, 0.15) is 0 Å². The summed E-state index contributed by atoms with van der Waals surface area (Å²) in [4.78, 5) is 2.40. The number of hydrogen-bond donors (Lipinski definition) is 0. The first-order valence-electron chi connectivity index (χ1n) is 4.56. The van der Waals surface area contributed by atoms with Gasteiger partial charge in [0.2, 0.25) is 0 Å². The molecular weight excluding hydrogens is 138 g/mol. The van der Waals surface area contributed by atoms with Gasteiger partial charge in [0, 0.05) is 19.2 Å². The Bertz CT molecular complexity index is 116. The van der Waals surface area contributed by atoms with E-state index in [1.165, 1.54) is 19.4 Å². The molecule has 2 atom stereocenters. The molecule has 0 aromatic heterocycles. The minimum Gasteiger partial charge on any atom is -0.378 e. The smallest absolute Gasteiger partial charge is 0.0602 e. The maximum atomic E-state index is 5.57. The van der Waals surface area contributed by atoms with Gasteiger partial charge >= 0.3 is 0 Å². The van der Waals surface area contributed by atoms with Crippen molar-refractivity contribution >= 4 is 0 Å². The molecule has 1 aliphatic heterocycles. The second-order valence-electron chi connectivity index (χ2n) is 3.43. The van der Waals surface area contributed by atoms with Crippen molar-refractivity contribution in [2.45, 2.75) is 38.8 Å². The Labute approximate surface area is 69.5 Å². The Kier molecular flexibility index (Phi) is 3.34. The molecule has 1 heterocycles. The Balaban J connectivity index is 2.28. The van der Waals surface area contributed by atoms with E-state index < -0.39 is 0 Å². The van der Waals surface area contributed by atoms with E-state index in [9.17, 15) is 0 Å². The summed E-state index contributed by atoms with van der Waals surface area (Å²) in [6.45, 7) is 6.39. The molecule has 0 spiro atoms. The third kappa shape index (κ3) is 2.46. The number of likely N-dealkylation sites (tertiary alicyclic amines) is 1. The number of ether oxygens (including phenoxy) is 1. The van der Waals surface area contributed by atoms with Crippen LogP contribution in [0.15, 0.2) is 0 Å². The molecule has 11 heavy (non-hydrogen) atoms. The first-order chi connectivity index (χ1) is 5.24. The van der Waals surface area contributed by atoms with Crippen LogP contribution in [-0.2, 0) is 4.74 Å². The second-order valence-corrected chi connectivity index (χ2v) is 3.43. The topological polar surface area (TPSA) is 12.5 Å². The van der Waals surface area contributed by atoms with Gasteiger partial charge in [0.15, 0.2) is 0 Å². The summed E-state index contributed by atoms with van der Waals surface area (Å²) in [5.41, 5.74) is 0. The summed E-state index contributed by atoms with van der Waals surface area (Å²) in [7, 11) is 2.19. The maximum Gasteiger partial charge on any atom is 0.0602 e. The molecule has 0 N–H and O–H groups in total. The number of rotatable bonds is 2. The number of nitrogens with zero attached hydrogens (tertiary/aromatic N) is 1. The molecule has 1 saturated heterocycles. The minimum atomic E-state index is 0.520. The highest BCUT2D eigenvalue weighted by Gasteiger charge is 2.22. The van der Waals surface area contributed by atoms with E-state index in [1.807, 2.05) is 0 Å². The van der Waals surface area contributed by atoms with Crippen molar-refractivity contribution in [3.63, 3.8) is 0 Å². The molecule has 2 nitrogen and oxygen atoms in total. The van der Waals surface area contributed by atoms with E-state index in [0.29, 0.717) is 12.1 Å². The largest absolute Gasteiger partial charge is 0.378 e. The Morgan fingerprint density at radius 3 is 2.82 bits per heavy atom. The predicted octanol–water partition coefficient (Wildman–Crippen LogP) is 1.51. The molecule has 0 saturated carbocycles. The molecule has 2 heteroatoms. The van der Waals surface area contributed by atoms with Crippen LogP contribution in [0.2, 0.25) is 0 Å². The van der Waals surface area contributed by atoms with Gasteiger partial charge in [-0.05, 0) is 33.7 Å². The summed E-state index contributed by atoms with van der Waals surface area (Å²) in [6.07, 6.45) is 2.92. The van der Waals surface area contributed by atoms with Crippen molar-refractivity contribution in [2.24, 2.45) is 0 Å². The lowest BCUT2D eigenvalue weighted by Gasteiger charge is -2.34. The molecule has 0 radical (unpaired) electrons. The van der Waals surface area contributed by atoms with Crippen LogP contribution in [0, 0.1) is 0 Å². The summed E-state index contributed by atoms with van der Waals surface area (Å²) in [5, 5.41) is 0. The molecule has 0 aromatic rings. The number of hydrogen-bond acceptors (Lipinski definition) is 2. The lowest BCUT2D eigenvalue weighted by molar-refractivity contribution is 0.00125. The van der Waals surface area contributed by atoms with Crippen LogP contribution in [0.5, 0.6) is 0 Å². The van der Waals surface area contributed by atoms with Crippen molar-refractivity contribution in [1.82, 2.24) is 4.90 Å². The monoisotopic (exact) mass is 157 g/mol. The summed E-state index contributed by atoms with van der Waals surface area (Å²) >= 11 is 0. The molecule has 1 aliphatic rings. The standard InChI is InChI=1S/C9H19NO/c1-4-11-9-5-6-10(3)8(2)7-9/h8-9H,4-7H2,1-3H3/t8-,9-/m1/s1. The molecule has 1 rings (SSSR count). The molecule has 66 valence electrons. The average molecular weight is 157 g/mol. The highest BCUT2D eigenvalue weighted by atomic mass is 16.5. The van der Waals surface area contributed by atoms with Gasteiger partial charge in [0.25, 0.3) is 0 Å². The Morgan fingerprint density at radius 2 is 2.27 bits per heavy atom. The Morgan fingerprint density at radius 1 is 1.55 bits per heavy atom. The van der Waals surface area contributed by atoms with Gasteiger partial charge in [-0.1, -0.05) is 0 Å². The van der Waals surface area contributed by atoms with E-state index in [-0.39, 0.29) is 0 Å². The molecule has 0 aliphatic carbocycles. The zero-order chi connectivity index (χ0) is 8.27. The molecule has 0 bridgehead atoms. The molecule has 0 unspecified atom stereocenters. The normalized spacial score (nSPS) is 34.1. The van der Waals surface area contributed by atoms with Crippen molar-refractivity contribution in [2.75, 3.05) is 20.2 Å². The summed E-state index contributed by atoms with van der Waals surface area (Å²) in [6, 6.07) is 0.695. The minimum absolute atomic E-state index is 0.520. The average Bonchev–Trinajstić information content (AvgIpc) is 1.98. The lowest BCUT2D eigenvalue weighted by Crippen LogP contribution is -2.40. The fourth-order valence-corrected chi connectivity index (χ4v) is 1.63. The van der Waals surface area contributed by atoms with Crippen LogP contribution in [0.25, 0.3) is 0 Å². The van der Waals surface area contributed by atoms with Crippen molar-refractivity contribution in [3.05, 3.63) is 0 Å². The zero-order valence-corrected chi connectivity index (χ0v) is 7.84. The second kappa shape index (κ2) is 4.07. The van der Waals surface area contributed by atoms with Crippen LogP contribution < -0.4 is 0 Å². The van der Waals surface area contributed by atoms with E-state index >= 15 is 0 Å². The molecule has 1 fully saturated rings. The van der Waals surface area contributed by atoms with E-state index in [1.54, 1.807) is 0 Å². The van der Waals surface area contributed by atoms with Crippen molar-refractivity contribution in [1.29, 1.82) is 0 Å². The van der Waals surface area contributed by atoms with E-state index in [2.05, 4.69) is 25.8 Å². The maximum absolute atomic E-state index is 5.57.